The number of fused-ring (bicyclic) bond motifs is 2. The number of benzene rings is 4. The molecule has 306 valence electrons. The lowest BCUT2D eigenvalue weighted by Gasteiger charge is -2.36. The van der Waals surface area contributed by atoms with Crippen molar-refractivity contribution < 1.29 is 38.0 Å². The Labute approximate surface area is 342 Å². The number of nitrogens with zero attached hydrogens (tertiary/aromatic N) is 3. The van der Waals surface area contributed by atoms with Gasteiger partial charge in [-0.2, -0.15) is 0 Å². The molecule has 2 fully saturated rings. The zero-order chi connectivity index (χ0) is 39.8. The Morgan fingerprint density at radius 3 is 1.28 bits per heavy atom. The summed E-state index contributed by atoms with van der Waals surface area (Å²) in [6.07, 6.45) is 11.0. The van der Waals surface area contributed by atoms with Crippen LogP contribution >= 0.6 is 12.4 Å². The number of carbonyl (C=O) groups is 2. The number of likely N-dealkylation sites (tertiary alicyclic amines) is 2. The molecule has 0 spiro atoms. The summed E-state index contributed by atoms with van der Waals surface area (Å²) in [5, 5.41) is 3.70. The van der Waals surface area contributed by atoms with E-state index in [0.717, 1.165) is 97.6 Å². The third-order valence-electron chi connectivity index (χ3n) is 11.2. The molecule has 0 aliphatic carbocycles. The van der Waals surface area contributed by atoms with Crippen LogP contribution in [-0.4, -0.2) is 115 Å². The molecule has 2 amide bonds. The first-order valence-electron chi connectivity index (χ1n) is 19.3. The molecule has 2 saturated heterocycles. The van der Waals surface area contributed by atoms with Crippen LogP contribution in [0.2, 0.25) is 0 Å². The van der Waals surface area contributed by atoms with Crippen LogP contribution < -0.4 is 28.4 Å². The summed E-state index contributed by atoms with van der Waals surface area (Å²) in [4.78, 5) is 32.7. The zero-order valence-corrected chi connectivity index (χ0v) is 35.0. The van der Waals surface area contributed by atoms with Crippen LogP contribution in [0.4, 0.5) is 0 Å². The van der Waals surface area contributed by atoms with Crippen molar-refractivity contribution in [3.05, 3.63) is 71.8 Å². The average molecular weight is 802 g/mol. The predicted octanol–water partition coefficient (Wildman–Crippen LogP) is 7.60. The summed E-state index contributed by atoms with van der Waals surface area (Å²) in [6, 6.07) is 15.8. The molecule has 4 aromatic carbocycles. The monoisotopic (exact) mass is 801 g/mol. The second-order valence-electron chi connectivity index (χ2n) is 14.7. The highest BCUT2D eigenvalue weighted by Crippen LogP contribution is 2.45. The Bertz CT molecular complexity index is 1940. The van der Waals surface area contributed by atoms with Crippen LogP contribution in [0, 0.1) is 11.8 Å². The number of methoxy groups -OCH3 is 6. The van der Waals surface area contributed by atoms with Crippen LogP contribution in [0.3, 0.4) is 0 Å². The van der Waals surface area contributed by atoms with E-state index < -0.39 is 0 Å². The van der Waals surface area contributed by atoms with E-state index in [2.05, 4.69) is 11.9 Å². The fraction of sp³-hybridized carbons (Fsp3) is 0.422. The maximum absolute atomic E-state index is 13.2. The fourth-order valence-corrected chi connectivity index (χ4v) is 8.15. The first-order chi connectivity index (χ1) is 27.2. The predicted molar refractivity (Wildman–Crippen MR) is 229 cm³/mol. The van der Waals surface area contributed by atoms with Crippen molar-refractivity contribution in [2.45, 2.75) is 25.7 Å². The summed E-state index contributed by atoms with van der Waals surface area (Å²) < 4.78 is 33.4. The maximum Gasteiger partial charge on any atom is 0.246 e. The zero-order valence-electron chi connectivity index (χ0n) is 34.2. The van der Waals surface area contributed by atoms with Gasteiger partial charge in [0.05, 0.1) is 42.7 Å². The molecule has 0 unspecified atom stereocenters. The maximum atomic E-state index is 13.2. The normalized spacial score (nSPS) is 15.4. The quantitative estimate of drug-likeness (QED) is 0.119. The molecule has 2 heterocycles. The van der Waals surface area contributed by atoms with E-state index in [1.54, 1.807) is 54.8 Å². The largest absolute Gasteiger partial charge is 0.493 e. The molecule has 0 N–H and O–H groups in total. The van der Waals surface area contributed by atoms with Crippen LogP contribution in [0.15, 0.2) is 60.7 Å². The molecule has 2 aliphatic rings. The Hall–Kier alpha value is -5.13. The van der Waals surface area contributed by atoms with Gasteiger partial charge < -0.3 is 43.1 Å². The summed E-state index contributed by atoms with van der Waals surface area (Å²) in [5.41, 5.74) is 1.82. The minimum atomic E-state index is 0. The SMILES string of the molecule is COc1cc2ccc(/C=C/C(=O)N3CCC(CN(C)CC4CCN(C(=O)/C=C/c5ccc6cc(OC)c(OC)c(OC)c6c5)CC4)CC3)cc2c(OC)c1OC.Cl. The van der Waals surface area contributed by atoms with Gasteiger partial charge in [-0.25, -0.2) is 0 Å². The van der Waals surface area contributed by atoms with E-state index in [1.807, 2.05) is 70.5 Å². The molecular formula is C45H56ClN3O8. The second-order valence-corrected chi connectivity index (χ2v) is 14.7. The number of halogens is 1. The Morgan fingerprint density at radius 2 is 0.947 bits per heavy atom. The molecule has 0 radical (unpaired) electrons. The number of piperidine rings is 2. The molecule has 11 nitrogen and oxygen atoms in total. The smallest absolute Gasteiger partial charge is 0.246 e. The van der Waals surface area contributed by atoms with E-state index in [1.165, 1.54) is 0 Å². The van der Waals surface area contributed by atoms with Crippen molar-refractivity contribution in [2.75, 3.05) is 89.0 Å². The van der Waals surface area contributed by atoms with Gasteiger partial charge in [-0.3, -0.25) is 9.59 Å². The lowest BCUT2D eigenvalue weighted by molar-refractivity contribution is -0.128. The number of ether oxygens (including phenoxy) is 6. The van der Waals surface area contributed by atoms with Crippen LogP contribution in [0.5, 0.6) is 34.5 Å². The molecule has 2 aliphatic heterocycles. The lowest BCUT2D eigenvalue weighted by Crippen LogP contribution is -2.43. The summed E-state index contributed by atoms with van der Waals surface area (Å²) in [5.74, 6) is 4.67. The molecule has 6 rings (SSSR count). The Balaban J connectivity index is 0.00000620. The first-order valence-corrected chi connectivity index (χ1v) is 19.3. The molecule has 4 aromatic rings. The summed E-state index contributed by atoms with van der Waals surface area (Å²) >= 11 is 0. The molecule has 0 aromatic heterocycles. The highest BCUT2D eigenvalue weighted by molar-refractivity contribution is 5.98. The second kappa shape index (κ2) is 19.8. The Kier molecular flexibility index (Phi) is 15.0. The first kappa shape index (κ1) is 43.0. The minimum Gasteiger partial charge on any atom is -0.493 e. The van der Waals surface area contributed by atoms with Gasteiger partial charge in [-0.1, -0.05) is 24.3 Å². The van der Waals surface area contributed by atoms with E-state index in [9.17, 15) is 9.59 Å². The van der Waals surface area contributed by atoms with Gasteiger partial charge in [0.15, 0.2) is 23.0 Å². The molecule has 57 heavy (non-hydrogen) atoms. The van der Waals surface area contributed by atoms with Crippen molar-refractivity contribution in [1.82, 2.24) is 14.7 Å². The van der Waals surface area contributed by atoms with Crippen molar-refractivity contribution in [2.24, 2.45) is 11.8 Å². The van der Waals surface area contributed by atoms with Gasteiger partial charge in [0.1, 0.15) is 0 Å². The molecule has 0 atom stereocenters. The van der Waals surface area contributed by atoms with E-state index in [4.69, 9.17) is 28.4 Å². The summed E-state index contributed by atoms with van der Waals surface area (Å²) in [7, 11) is 11.8. The van der Waals surface area contributed by atoms with E-state index >= 15 is 0 Å². The van der Waals surface area contributed by atoms with Crippen LogP contribution in [0.25, 0.3) is 33.7 Å². The Morgan fingerprint density at radius 1 is 0.579 bits per heavy atom. The molecule has 12 heteroatoms. The van der Waals surface area contributed by atoms with Gasteiger partial charge in [0.2, 0.25) is 23.3 Å². The lowest BCUT2D eigenvalue weighted by atomic mass is 9.93. The summed E-state index contributed by atoms with van der Waals surface area (Å²) in [6.45, 7) is 5.06. The third-order valence-corrected chi connectivity index (χ3v) is 11.2. The average Bonchev–Trinajstić information content (AvgIpc) is 3.23. The molecule has 0 bridgehead atoms. The van der Waals surface area contributed by atoms with Gasteiger partial charge >= 0.3 is 0 Å². The molecular weight excluding hydrogens is 746 g/mol. The van der Waals surface area contributed by atoms with Gasteiger partial charge in [-0.15, -0.1) is 12.4 Å². The van der Waals surface area contributed by atoms with Crippen LogP contribution in [-0.2, 0) is 9.59 Å². The van der Waals surface area contributed by atoms with Crippen molar-refractivity contribution in [3.8, 4) is 34.5 Å². The van der Waals surface area contributed by atoms with Crippen molar-refractivity contribution in [3.63, 3.8) is 0 Å². The number of amides is 2. The minimum absolute atomic E-state index is 0. The number of hydrogen-bond donors (Lipinski definition) is 0. The van der Waals surface area contributed by atoms with Gasteiger partial charge in [0, 0.05) is 62.2 Å². The standard InChI is InChI=1S/C45H55N3O8.ClH/c1-46(28-32-16-20-47(21-17-32)40(49)14-10-30-8-12-34-26-38(51-2)44(55-6)42(53-4)36(34)24-30)29-33-18-22-48(23-19-33)41(50)15-11-31-9-13-35-27-39(52-3)45(56-7)43(54-5)37(35)25-31;/h8-15,24-27,32-33H,16-23,28-29H2,1-7H3;1H/b14-10+,15-11+;. The van der Waals surface area contributed by atoms with Gasteiger partial charge in [-0.05, 0) is 103 Å². The number of carbonyl (C=O) groups excluding carboxylic acids is 2. The van der Waals surface area contributed by atoms with Crippen LogP contribution in [0.1, 0.15) is 36.8 Å². The number of rotatable bonds is 14. The van der Waals surface area contributed by atoms with E-state index in [0.29, 0.717) is 46.3 Å². The number of hydrogen-bond acceptors (Lipinski definition) is 9. The van der Waals surface area contributed by atoms with Crippen molar-refractivity contribution in [1.29, 1.82) is 0 Å². The fourth-order valence-electron chi connectivity index (χ4n) is 8.15. The molecule has 0 saturated carbocycles. The van der Waals surface area contributed by atoms with Crippen molar-refractivity contribution >= 4 is 57.9 Å². The highest BCUT2D eigenvalue weighted by atomic mass is 35.5. The third kappa shape index (κ3) is 9.88. The van der Waals surface area contributed by atoms with E-state index in [-0.39, 0.29) is 24.2 Å². The van der Waals surface area contributed by atoms with Gasteiger partial charge in [0.25, 0.3) is 0 Å². The topological polar surface area (TPSA) is 99.2 Å². The highest BCUT2D eigenvalue weighted by Gasteiger charge is 2.26.